The van der Waals surface area contributed by atoms with Crippen molar-refractivity contribution in [1.82, 2.24) is 24.5 Å². The van der Waals surface area contributed by atoms with Gasteiger partial charge in [0, 0.05) is 26.7 Å². The summed E-state index contributed by atoms with van der Waals surface area (Å²) < 4.78 is 7.93. The lowest BCUT2D eigenvalue weighted by atomic mass is 10.2. The molecule has 0 unspecified atom stereocenters. The zero-order valence-corrected chi connectivity index (χ0v) is 15.0. The first-order chi connectivity index (χ1) is 12.9. The summed E-state index contributed by atoms with van der Waals surface area (Å²) in [5.74, 6) is -2.21. The molecule has 0 radical (unpaired) electrons. The smallest absolute Gasteiger partial charge is 0.339 e. The molecular formula is C16H20N6O5. The van der Waals surface area contributed by atoms with Crippen molar-refractivity contribution in [3.05, 3.63) is 29.3 Å². The van der Waals surface area contributed by atoms with Crippen LogP contribution in [-0.2, 0) is 18.3 Å². The molecule has 11 nitrogen and oxygen atoms in total. The van der Waals surface area contributed by atoms with Crippen LogP contribution in [0.25, 0.3) is 0 Å². The number of ether oxygens (including phenoxy) is 1. The first kappa shape index (κ1) is 18.6. The fraction of sp³-hybridized carbons (Fsp3) is 0.438. The second-order valence-electron chi connectivity index (χ2n) is 5.92. The lowest BCUT2D eigenvalue weighted by Crippen LogP contribution is -2.41. The van der Waals surface area contributed by atoms with Crippen molar-refractivity contribution in [2.45, 2.75) is 13.5 Å². The number of carbonyl (C=O) groups excluding carboxylic acids is 2. The number of nitrogens with one attached hydrogen (secondary N) is 1. The largest absolute Gasteiger partial charge is 0.478 e. The minimum atomic E-state index is -1.26. The van der Waals surface area contributed by atoms with E-state index in [-0.39, 0.29) is 28.5 Å². The molecule has 0 spiro atoms. The van der Waals surface area contributed by atoms with E-state index < -0.39 is 11.9 Å². The maximum absolute atomic E-state index is 12.9. The maximum Gasteiger partial charge on any atom is 0.339 e. The lowest BCUT2D eigenvalue weighted by Gasteiger charge is -2.27. The van der Waals surface area contributed by atoms with Gasteiger partial charge in [0.25, 0.3) is 11.8 Å². The van der Waals surface area contributed by atoms with Gasteiger partial charge in [-0.25, -0.2) is 4.79 Å². The minimum Gasteiger partial charge on any atom is -0.478 e. The Morgan fingerprint density at radius 2 is 1.89 bits per heavy atom. The average Bonchev–Trinajstić information content (AvgIpc) is 3.25. The Labute approximate surface area is 154 Å². The first-order valence-electron chi connectivity index (χ1n) is 8.43. The summed E-state index contributed by atoms with van der Waals surface area (Å²) in [6.45, 7) is 4.07. The molecule has 2 aromatic rings. The summed E-state index contributed by atoms with van der Waals surface area (Å²) in [5.41, 5.74) is 0.123. The second-order valence-corrected chi connectivity index (χ2v) is 5.92. The summed E-state index contributed by atoms with van der Waals surface area (Å²) in [7, 11) is 1.47. The highest BCUT2D eigenvalue weighted by Gasteiger charge is 2.28. The lowest BCUT2D eigenvalue weighted by molar-refractivity contribution is 0.0295. The predicted octanol–water partition coefficient (Wildman–Crippen LogP) is 0.0594. The zero-order chi connectivity index (χ0) is 19.6. The molecule has 0 saturated carbocycles. The normalized spacial score (nSPS) is 14.2. The van der Waals surface area contributed by atoms with Crippen molar-refractivity contribution in [2.24, 2.45) is 7.05 Å². The number of rotatable bonds is 5. The van der Waals surface area contributed by atoms with Crippen LogP contribution in [-0.4, -0.2) is 73.7 Å². The number of aryl methyl sites for hydroxylation is 2. The number of hydrogen-bond acceptors (Lipinski definition) is 6. The highest BCUT2D eigenvalue weighted by atomic mass is 16.5. The first-order valence-corrected chi connectivity index (χ1v) is 8.43. The Bertz CT molecular complexity index is 880. The quantitative estimate of drug-likeness (QED) is 0.754. The molecule has 1 aliphatic rings. The van der Waals surface area contributed by atoms with Crippen LogP contribution in [0.2, 0.25) is 0 Å². The van der Waals surface area contributed by atoms with Gasteiger partial charge in [-0.15, -0.1) is 0 Å². The Balaban J connectivity index is 1.91. The minimum absolute atomic E-state index is 0.114. The number of anilines is 1. The standard InChI is InChI=1S/C16H20N6O5/c1-3-22-13(15(24)21-4-6-27-7-5-21)11(9-18-22)19-14(23)12-10(16(25)26)8-17-20(12)2/h8-9H,3-7H2,1-2H3,(H,19,23)(H,25,26). The zero-order valence-electron chi connectivity index (χ0n) is 15.0. The van der Waals surface area contributed by atoms with E-state index in [1.165, 1.54) is 22.6 Å². The summed E-state index contributed by atoms with van der Waals surface area (Å²) in [6.07, 6.45) is 2.48. The molecular weight excluding hydrogens is 356 g/mol. The van der Waals surface area contributed by atoms with Crippen molar-refractivity contribution in [2.75, 3.05) is 31.6 Å². The molecule has 3 heterocycles. The van der Waals surface area contributed by atoms with Gasteiger partial charge in [-0.05, 0) is 6.92 Å². The number of carbonyl (C=O) groups is 3. The van der Waals surface area contributed by atoms with E-state index in [9.17, 15) is 19.5 Å². The van der Waals surface area contributed by atoms with Crippen LogP contribution in [0.4, 0.5) is 5.69 Å². The third kappa shape index (κ3) is 3.53. The van der Waals surface area contributed by atoms with Crippen molar-refractivity contribution < 1.29 is 24.2 Å². The molecule has 2 amide bonds. The molecule has 0 bridgehead atoms. The highest BCUT2D eigenvalue weighted by Crippen LogP contribution is 2.20. The van der Waals surface area contributed by atoms with Crippen LogP contribution in [0.3, 0.4) is 0 Å². The number of carboxylic acid groups (broad SMARTS) is 1. The third-order valence-corrected chi connectivity index (χ3v) is 4.27. The molecule has 1 fully saturated rings. The molecule has 3 rings (SSSR count). The predicted molar refractivity (Wildman–Crippen MR) is 92.7 cm³/mol. The van der Waals surface area contributed by atoms with E-state index in [1.807, 2.05) is 6.92 Å². The molecule has 1 saturated heterocycles. The average molecular weight is 376 g/mol. The van der Waals surface area contributed by atoms with Crippen LogP contribution >= 0.6 is 0 Å². The summed E-state index contributed by atoms with van der Waals surface area (Å²) in [5, 5.41) is 19.8. The van der Waals surface area contributed by atoms with Gasteiger partial charge in [0.05, 0.1) is 31.3 Å². The number of nitrogens with zero attached hydrogens (tertiary/aromatic N) is 5. The topological polar surface area (TPSA) is 132 Å². The van der Waals surface area contributed by atoms with E-state index in [2.05, 4.69) is 15.5 Å². The fourth-order valence-electron chi connectivity index (χ4n) is 2.90. The van der Waals surface area contributed by atoms with Gasteiger partial charge < -0.3 is 20.1 Å². The monoisotopic (exact) mass is 376 g/mol. The van der Waals surface area contributed by atoms with Crippen LogP contribution in [0.1, 0.15) is 38.3 Å². The number of carboxylic acids is 1. The van der Waals surface area contributed by atoms with Gasteiger partial charge in [0.15, 0.2) is 0 Å². The van der Waals surface area contributed by atoms with Gasteiger partial charge >= 0.3 is 5.97 Å². The van der Waals surface area contributed by atoms with Crippen LogP contribution in [0, 0.1) is 0 Å². The van der Waals surface area contributed by atoms with Gasteiger partial charge in [-0.3, -0.25) is 19.0 Å². The summed E-state index contributed by atoms with van der Waals surface area (Å²) in [4.78, 5) is 38.5. The van der Waals surface area contributed by atoms with Gasteiger partial charge in [0.2, 0.25) is 0 Å². The van der Waals surface area contributed by atoms with E-state index in [1.54, 1.807) is 4.90 Å². The Morgan fingerprint density at radius 1 is 1.19 bits per heavy atom. The molecule has 11 heteroatoms. The molecule has 1 aliphatic heterocycles. The van der Waals surface area contributed by atoms with Crippen LogP contribution in [0.5, 0.6) is 0 Å². The molecule has 27 heavy (non-hydrogen) atoms. The Morgan fingerprint density at radius 3 is 2.52 bits per heavy atom. The Kier molecular flexibility index (Phi) is 5.21. The van der Waals surface area contributed by atoms with E-state index in [4.69, 9.17) is 4.74 Å². The highest BCUT2D eigenvalue weighted by molar-refractivity contribution is 6.11. The number of amides is 2. The summed E-state index contributed by atoms with van der Waals surface area (Å²) >= 11 is 0. The SMILES string of the molecule is CCn1ncc(NC(=O)c2c(C(=O)O)cnn2C)c1C(=O)N1CCOCC1. The van der Waals surface area contributed by atoms with E-state index in [0.29, 0.717) is 32.8 Å². The Hall–Kier alpha value is -3.21. The molecule has 0 aliphatic carbocycles. The van der Waals surface area contributed by atoms with Crippen LogP contribution < -0.4 is 5.32 Å². The maximum atomic E-state index is 12.9. The molecule has 0 atom stereocenters. The van der Waals surface area contributed by atoms with Gasteiger partial charge in [-0.2, -0.15) is 10.2 Å². The number of hydrogen-bond donors (Lipinski definition) is 2. The van der Waals surface area contributed by atoms with E-state index in [0.717, 1.165) is 6.20 Å². The van der Waals surface area contributed by atoms with Gasteiger partial charge in [0.1, 0.15) is 17.0 Å². The van der Waals surface area contributed by atoms with Crippen LogP contribution in [0.15, 0.2) is 12.4 Å². The third-order valence-electron chi connectivity index (χ3n) is 4.27. The molecule has 144 valence electrons. The van der Waals surface area contributed by atoms with Crippen molar-refractivity contribution in [3.8, 4) is 0 Å². The second kappa shape index (κ2) is 7.58. The van der Waals surface area contributed by atoms with Gasteiger partial charge in [-0.1, -0.05) is 0 Å². The number of morpholine rings is 1. The molecule has 0 aromatic carbocycles. The fourth-order valence-corrected chi connectivity index (χ4v) is 2.90. The van der Waals surface area contributed by atoms with Crippen molar-refractivity contribution >= 4 is 23.5 Å². The molecule has 2 N–H and O–H groups in total. The van der Waals surface area contributed by atoms with Crippen molar-refractivity contribution in [1.29, 1.82) is 0 Å². The van der Waals surface area contributed by atoms with E-state index >= 15 is 0 Å². The number of aromatic carboxylic acids is 1. The number of aromatic nitrogens is 4. The summed E-state index contributed by atoms with van der Waals surface area (Å²) in [6, 6.07) is 0. The molecule has 2 aromatic heterocycles. The van der Waals surface area contributed by atoms with Crippen molar-refractivity contribution in [3.63, 3.8) is 0 Å².